The molecule has 3 N–H and O–H groups in total. The van der Waals surface area contributed by atoms with Gasteiger partial charge in [-0.05, 0) is 54.6 Å². The molecule has 1 amide bonds. The average molecular weight is 528 g/mol. The number of amides is 1. The Labute approximate surface area is 229 Å². The minimum atomic E-state index is -0.636. The van der Waals surface area contributed by atoms with E-state index in [9.17, 15) is 9.59 Å². The van der Waals surface area contributed by atoms with Crippen LogP contribution in [-0.2, 0) is 21.7 Å². The maximum atomic E-state index is 11.3. The van der Waals surface area contributed by atoms with Crippen LogP contribution in [0.15, 0.2) is 66.7 Å². The molecule has 1 heterocycles. The van der Waals surface area contributed by atoms with E-state index in [-0.39, 0.29) is 18.4 Å². The van der Waals surface area contributed by atoms with Crippen molar-refractivity contribution in [2.75, 3.05) is 20.1 Å². The zero-order chi connectivity index (χ0) is 27.0. The Balaban J connectivity index is 0.000000283. The first kappa shape index (κ1) is 27.2. The Morgan fingerprint density at radius 1 is 1.13 bits per heavy atom. The van der Waals surface area contributed by atoms with E-state index in [0.717, 1.165) is 43.5 Å². The molecule has 2 fully saturated rings. The lowest BCUT2D eigenvalue weighted by atomic mass is 9.96. The van der Waals surface area contributed by atoms with Gasteiger partial charge in [0.1, 0.15) is 4.99 Å². The van der Waals surface area contributed by atoms with Gasteiger partial charge in [-0.15, -0.1) is 0 Å². The molecule has 1 atom stereocenters. The Kier molecular flexibility index (Phi) is 9.06. The molecule has 1 unspecified atom stereocenters. The fourth-order valence-corrected chi connectivity index (χ4v) is 5.44. The lowest BCUT2D eigenvalue weighted by Crippen LogP contribution is -2.35. The summed E-state index contributed by atoms with van der Waals surface area (Å²) in [5.74, 6) is -0.636. The van der Waals surface area contributed by atoms with Gasteiger partial charge >= 0.3 is 0 Å². The standard InChI is InChI=1S/C23H20N2O2S.C7H13N3/c26-15-21(27)24-14-17-7-2-4-10-19(17)22(28)25-23(12-13-23)20-11-5-8-16-6-1-3-9-18(16)20;1-9-5-7-3-2-4-10(7)6-8/h1-11,15H,12-14H2,(H,24,27)(H,25,28);7,9H,2-5H2,1H3. The number of hydrogen-bond acceptors (Lipinski definition) is 6. The van der Waals surface area contributed by atoms with Crippen LogP contribution in [0.25, 0.3) is 10.8 Å². The highest BCUT2D eigenvalue weighted by molar-refractivity contribution is 7.80. The van der Waals surface area contributed by atoms with Crippen LogP contribution in [0.2, 0.25) is 0 Å². The third-order valence-electron chi connectivity index (χ3n) is 7.18. The summed E-state index contributed by atoms with van der Waals surface area (Å²) in [7, 11) is 1.92. The second-order valence-electron chi connectivity index (χ2n) is 9.70. The smallest absolute Gasteiger partial charge is 0.284 e. The van der Waals surface area contributed by atoms with Gasteiger partial charge in [0, 0.05) is 25.2 Å². The molecule has 1 saturated carbocycles. The Morgan fingerprint density at radius 3 is 2.61 bits per heavy atom. The van der Waals surface area contributed by atoms with Crippen molar-refractivity contribution in [2.45, 2.75) is 43.8 Å². The number of carbonyl (C=O) groups excluding carboxylic acids is 2. The SMILES string of the molecule is CNCC1CCCN1C#N.O=CC(=O)NCc1ccccc1C(=S)NC1(c2cccc3ccccc23)CC1. The summed E-state index contributed by atoms with van der Waals surface area (Å²) in [6.07, 6.45) is 6.83. The van der Waals surface area contributed by atoms with Gasteiger partial charge in [0.15, 0.2) is 6.19 Å². The fourth-order valence-electron chi connectivity index (χ4n) is 5.05. The van der Waals surface area contributed by atoms with Gasteiger partial charge in [0.25, 0.3) is 5.91 Å². The van der Waals surface area contributed by atoms with Crippen LogP contribution in [0.1, 0.15) is 42.4 Å². The number of nitriles is 1. The molecule has 3 aromatic rings. The van der Waals surface area contributed by atoms with Crippen LogP contribution >= 0.6 is 12.2 Å². The highest BCUT2D eigenvalue weighted by Crippen LogP contribution is 2.48. The van der Waals surface area contributed by atoms with Crippen molar-refractivity contribution in [3.8, 4) is 6.19 Å². The lowest BCUT2D eigenvalue weighted by Gasteiger charge is -2.23. The number of nitrogens with zero attached hydrogens (tertiary/aromatic N) is 2. The Morgan fingerprint density at radius 2 is 1.87 bits per heavy atom. The van der Waals surface area contributed by atoms with Crippen molar-refractivity contribution in [1.82, 2.24) is 20.9 Å². The highest BCUT2D eigenvalue weighted by atomic mass is 32.1. The van der Waals surface area contributed by atoms with Crippen molar-refractivity contribution >= 4 is 40.2 Å². The molecule has 1 aliphatic carbocycles. The van der Waals surface area contributed by atoms with E-state index in [4.69, 9.17) is 17.5 Å². The molecule has 38 heavy (non-hydrogen) atoms. The summed E-state index contributed by atoms with van der Waals surface area (Å²) >= 11 is 5.73. The summed E-state index contributed by atoms with van der Waals surface area (Å²) < 4.78 is 0. The number of rotatable bonds is 8. The molecule has 5 rings (SSSR count). The molecule has 0 radical (unpaired) electrons. The average Bonchev–Trinajstić information content (AvgIpc) is 3.59. The van der Waals surface area contributed by atoms with Crippen molar-refractivity contribution in [1.29, 1.82) is 5.26 Å². The minimum Gasteiger partial charge on any atom is -0.366 e. The summed E-state index contributed by atoms with van der Waals surface area (Å²) in [5, 5.41) is 20.3. The van der Waals surface area contributed by atoms with Crippen molar-refractivity contribution in [3.63, 3.8) is 0 Å². The molecule has 196 valence electrons. The predicted octanol–water partition coefficient (Wildman–Crippen LogP) is 3.76. The van der Waals surface area contributed by atoms with E-state index in [0.29, 0.717) is 11.0 Å². The van der Waals surface area contributed by atoms with Crippen molar-refractivity contribution in [3.05, 3.63) is 83.4 Å². The molecular weight excluding hydrogens is 494 g/mol. The van der Waals surface area contributed by atoms with Gasteiger partial charge in [-0.2, -0.15) is 5.26 Å². The topological polar surface area (TPSA) is 97.3 Å². The van der Waals surface area contributed by atoms with Gasteiger partial charge in [0.05, 0.1) is 11.6 Å². The minimum absolute atomic E-state index is 0.156. The number of hydrogen-bond donors (Lipinski definition) is 3. The summed E-state index contributed by atoms with van der Waals surface area (Å²) in [5.41, 5.74) is 2.86. The van der Waals surface area contributed by atoms with Crippen molar-refractivity contribution in [2.24, 2.45) is 0 Å². The third-order valence-corrected chi connectivity index (χ3v) is 7.50. The van der Waals surface area contributed by atoms with Crippen LogP contribution in [0.5, 0.6) is 0 Å². The summed E-state index contributed by atoms with van der Waals surface area (Å²) in [6, 6.07) is 22.9. The molecule has 0 spiro atoms. The molecule has 1 saturated heterocycles. The maximum Gasteiger partial charge on any atom is 0.284 e. The highest BCUT2D eigenvalue weighted by Gasteiger charge is 2.46. The van der Waals surface area contributed by atoms with E-state index in [2.05, 4.69) is 58.5 Å². The number of likely N-dealkylation sites (tertiary alicyclic amines) is 1. The molecule has 2 aliphatic rings. The molecule has 8 heteroatoms. The maximum absolute atomic E-state index is 11.3. The van der Waals surface area contributed by atoms with Crippen LogP contribution in [0.3, 0.4) is 0 Å². The first-order valence-corrected chi connectivity index (χ1v) is 13.3. The number of likely N-dealkylation sites (N-methyl/N-ethyl adjacent to an activating group) is 1. The van der Waals surface area contributed by atoms with Crippen molar-refractivity contribution < 1.29 is 9.59 Å². The second kappa shape index (κ2) is 12.6. The lowest BCUT2D eigenvalue weighted by molar-refractivity contribution is -0.131. The van der Waals surface area contributed by atoms with E-state index in [1.807, 2.05) is 42.3 Å². The van der Waals surface area contributed by atoms with Crippen LogP contribution in [-0.4, -0.2) is 48.3 Å². The van der Waals surface area contributed by atoms with Crippen LogP contribution < -0.4 is 16.0 Å². The second-order valence-corrected chi connectivity index (χ2v) is 10.1. The van der Waals surface area contributed by atoms with Crippen LogP contribution in [0, 0.1) is 11.5 Å². The van der Waals surface area contributed by atoms with Gasteiger partial charge in [-0.1, -0.05) is 78.9 Å². The fraction of sp³-hybridized carbons (Fsp3) is 0.333. The first-order chi connectivity index (χ1) is 18.5. The Hall–Kier alpha value is -3.80. The zero-order valence-corrected chi connectivity index (χ0v) is 22.4. The van der Waals surface area contributed by atoms with Gasteiger partial charge < -0.3 is 20.9 Å². The van der Waals surface area contributed by atoms with Gasteiger partial charge in [-0.3, -0.25) is 9.59 Å². The third kappa shape index (κ3) is 6.36. The number of benzene rings is 3. The van der Waals surface area contributed by atoms with Crippen LogP contribution in [0.4, 0.5) is 0 Å². The molecule has 0 aromatic heterocycles. The number of fused-ring (bicyclic) bond motifs is 1. The van der Waals surface area contributed by atoms with E-state index < -0.39 is 5.91 Å². The quantitative estimate of drug-likeness (QED) is 0.178. The molecule has 1 aliphatic heterocycles. The van der Waals surface area contributed by atoms with Gasteiger partial charge in [-0.25, -0.2) is 0 Å². The number of aldehydes is 1. The normalized spacial score (nSPS) is 17.1. The zero-order valence-electron chi connectivity index (χ0n) is 21.6. The Bertz CT molecular complexity index is 1340. The molecule has 7 nitrogen and oxygen atoms in total. The number of carbonyl (C=O) groups is 2. The predicted molar refractivity (Wildman–Crippen MR) is 153 cm³/mol. The van der Waals surface area contributed by atoms with Gasteiger partial charge in [0.2, 0.25) is 6.29 Å². The summed E-state index contributed by atoms with van der Waals surface area (Å²) in [6.45, 7) is 2.15. The van der Waals surface area contributed by atoms with E-state index >= 15 is 0 Å². The monoisotopic (exact) mass is 527 g/mol. The first-order valence-electron chi connectivity index (χ1n) is 12.9. The number of nitrogens with one attached hydrogen (secondary N) is 3. The van der Waals surface area contributed by atoms with E-state index in [1.165, 1.54) is 22.8 Å². The largest absolute Gasteiger partial charge is 0.366 e. The molecular formula is C30H33N5O2S. The van der Waals surface area contributed by atoms with E-state index in [1.54, 1.807) is 0 Å². The summed E-state index contributed by atoms with van der Waals surface area (Å²) in [4.78, 5) is 24.4. The molecule has 3 aromatic carbocycles. The number of thiocarbonyl (C=S) groups is 1. The molecule has 0 bridgehead atoms.